The van der Waals surface area contributed by atoms with Crippen LogP contribution >= 0.6 is 11.3 Å². The summed E-state index contributed by atoms with van der Waals surface area (Å²) in [6.45, 7) is 0.825. The first-order chi connectivity index (χ1) is 13.4. The summed E-state index contributed by atoms with van der Waals surface area (Å²) in [4.78, 5) is 48.9. The van der Waals surface area contributed by atoms with Crippen LogP contribution in [0.4, 0.5) is 9.80 Å². The van der Waals surface area contributed by atoms with Crippen molar-refractivity contribution in [3.8, 4) is 0 Å². The highest BCUT2D eigenvalue weighted by Crippen LogP contribution is 2.38. The average molecular weight is 407 g/mol. The van der Waals surface area contributed by atoms with Crippen molar-refractivity contribution in [3.63, 3.8) is 0 Å². The monoisotopic (exact) mass is 407 g/mol. The maximum atomic E-state index is 12.6. The summed E-state index contributed by atoms with van der Waals surface area (Å²) in [7, 11) is 0. The highest BCUT2D eigenvalue weighted by Gasteiger charge is 2.27. The Hall–Kier alpha value is -2.42. The zero-order valence-electron chi connectivity index (χ0n) is 15.9. The molecule has 8 nitrogen and oxygen atoms in total. The van der Waals surface area contributed by atoms with E-state index in [0.717, 1.165) is 61.8 Å². The van der Waals surface area contributed by atoms with E-state index in [0.29, 0.717) is 10.6 Å². The van der Waals surface area contributed by atoms with E-state index in [1.54, 1.807) is 0 Å². The van der Waals surface area contributed by atoms with Gasteiger partial charge in [0.2, 0.25) is 5.91 Å². The summed E-state index contributed by atoms with van der Waals surface area (Å²) in [5.74, 6) is -1.61. The minimum atomic E-state index is -0.686. The smallest absolute Gasteiger partial charge is 0.341 e. The Bertz CT molecular complexity index is 783. The van der Waals surface area contributed by atoms with Crippen molar-refractivity contribution >= 4 is 40.2 Å². The lowest BCUT2D eigenvalue weighted by Gasteiger charge is -2.13. The van der Waals surface area contributed by atoms with Crippen molar-refractivity contribution in [1.82, 2.24) is 10.6 Å². The summed E-state index contributed by atoms with van der Waals surface area (Å²) >= 11 is 1.38. The Balaban J connectivity index is 1.58. The van der Waals surface area contributed by atoms with E-state index in [1.165, 1.54) is 18.3 Å². The number of nitrogens with one attached hydrogen (secondary N) is 3. The van der Waals surface area contributed by atoms with E-state index in [-0.39, 0.29) is 11.9 Å². The number of thiophene rings is 1. The molecule has 1 aromatic heterocycles. The van der Waals surface area contributed by atoms with Gasteiger partial charge >= 0.3 is 12.0 Å². The largest absolute Gasteiger partial charge is 0.452 e. The maximum absolute atomic E-state index is 12.6. The molecule has 0 spiro atoms. The molecule has 2 aliphatic rings. The molecule has 0 atom stereocenters. The zero-order chi connectivity index (χ0) is 20.1. The van der Waals surface area contributed by atoms with E-state index >= 15 is 0 Å². The second-order valence-corrected chi connectivity index (χ2v) is 8.28. The third-order valence-electron chi connectivity index (χ3n) is 4.94. The maximum Gasteiger partial charge on any atom is 0.341 e. The van der Waals surface area contributed by atoms with Crippen molar-refractivity contribution < 1.29 is 23.9 Å². The van der Waals surface area contributed by atoms with Crippen LogP contribution in [0.5, 0.6) is 0 Å². The Morgan fingerprint density at radius 1 is 1.07 bits per heavy atom. The van der Waals surface area contributed by atoms with Gasteiger partial charge in [0.1, 0.15) is 5.00 Å². The van der Waals surface area contributed by atoms with Crippen LogP contribution in [0.3, 0.4) is 0 Å². The number of esters is 1. The second kappa shape index (κ2) is 9.18. The average Bonchev–Trinajstić information content (AvgIpc) is 3.26. The first-order valence-corrected chi connectivity index (χ1v) is 10.4. The number of rotatable bonds is 5. The molecule has 1 aromatic rings. The number of ether oxygens (including phenoxy) is 1. The molecule has 0 bridgehead atoms. The van der Waals surface area contributed by atoms with Gasteiger partial charge in [-0.25, -0.2) is 9.59 Å². The molecule has 4 amide bonds. The number of carbonyl (C=O) groups excluding carboxylic acids is 4. The topological polar surface area (TPSA) is 114 Å². The van der Waals surface area contributed by atoms with Crippen LogP contribution in [0.15, 0.2) is 0 Å². The van der Waals surface area contributed by atoms with Gasteiger partial charge in [-0.3, -0.25) is 14.9 Å². The molecule has 1 heterocycles. The second-order valence-electron chi connectivity index (χ2n) is 7.18. The number of imide groups is 1. The summed E-state index contributed by atoms with van der Waals surface area (Å²) < 4.78 is 5.13. The lowest BCUT2D eigenvalue weighted by Crippen LogP contribution is -2.45. The third kappa shape index (κ3) is 5.09. The van der Waals surface area contributed by atoms with Gasteiger partial charge in [0, 0.05) is 17.8 Å². The van der Waals surface area contributed by atoms with Crippen molar-refractivity contribution in [1.29, 1.82) is 0 Å². The van der Waals surface area contributed by atoms with E-state index in [4.69, 9.17) is 4.74 Å². The summed E-state index contributed by atoms with van der Waals surface area (Å²) in [5.41, 5.74) is 1.22. The number of hydrogen-bond acceptors (Lipinski definition) is 6. The lowest BCUT2D eigenvalue weighted by molar-refractivity contribution is -0.123. The minimum absolute atomic E-state index is 0.0906. The fraction of sp³-hybridized carbons (Fsp3) is 0.579. The fourth-order valence-corrected chi connectivity index (χ4v) is 5.01. The summed E-state index contributed by atoms with van der Waals surface area (Å²) in [6, 6.07) is -0.479. The van der Waals surface area contributed by atoms with Crippen molar-refractivity contribution in [3.05, 3.63) is 16.0 Å². The van der Waals surface area contributed by atoms with Gasteiger partial charge in [-0.15, -0.1) is 11.3 Å². The lowest BCUT2D eigenvalue weighted by atomic mass is 9.95. The molecule has 1 fully saturated rings. The standard InChI is InChI=1S/C19H25N3O5S/c1-11(23)20-17-16(13-8-4-5-9-14(13)28-17)18(25)27-10-15(24)22-19(26)21-12-6-2-3-7-12/h12H,2-10H2,1H3,(H,20,23)(H2,21,22,24,26). The van der Waals surface area contributed by atoms with Gasteiger partial charge in [-0.05, 0) is 44.1 Å². The van der Waals surface area contributed by atoms with Crippen LogP contribution < -0.4 is 16.0 Å². The van der Waals surface area contributed by atoms with E-state index in [1.807, 2.05) is 0 Å². The van der Waals surface area contributed by atoms with Gasteiger partial charge < -0.3 is 15.4 Å². The molecule has 2 aliphatic carbocycles. The van der Waals surface area contributed by atoms with E-state index in [2.05, 4.69) is 16.0 Å². The highest BCUT2D eigenvalue weighted by molar-refractivity contribution is 7.17. The molecule has 0 aromatic carbocycles. The molecule has 3 N–H and O–H groups in total. The Morgan fingerprint density at radius 3 is 2.50 bits per heavy atom. The van der Waals surface area contributed by atoms with Gasteiger partial charge in [0.25, 0.3) is 5.91 Å². The van der Waals surface area contributed by atoms with Gasteiger partial charge in [-0.2, -0.15) is 0 Å². The van der Waals surface area contributed by atoms with Crippen LogP contribution in [-0.2, 0) is 27.2 Å². The number of fused-ring (bicyclic) bond motifs is 1. The molecule has 3 rings (SSSR count). The van der Waals surface area contributed by atoms with E-state index in [9.17, 15) is 19.2 Å². The molecule has 9 heteroatoms. The van der Waals surface area contributed by atoms with Crippen LogP contribution in [0, 0.1) is 0 Å². The van der Waals surface area contributed by atoms with Gasteiger partial charge in [0.15, 0.2) is 6.61 Å². The molecule has 0 aliphatic heterocycles. The van der Waals surface area contributed by atoms with Crippen molar-refractivity contribution in [2.24, 2.45) is 0 Å². The number of amides is 4. The number of carbonyl (C=O) groups is 4. The first-order valence-electron chi connectivity index (χ1n) is 9.63. The molecule has 0 saturated heterocycles. The third-order valence-corrected chi connectivity index (χ3v) is 6.15. The van der Waals surface area contributed by atoms with Crippen LogP contribution in [-0.4, -0.2) is 36.5 Å². The molecule has 152 valence electrons. The summed E-state index contributed by atoms with van der Waals surface area (Å²) in [5, 5.41) is 8.07. The SMILES string of the molecule is CC(=O)Nc1sc2c(c1C(=O)OCC(=O)NC(=O)NC1CCCC1)CCCC2. The highest BCUT2D eigenvalue weighted by atomic mass is 32.1. The molecular weight excluding hydrogens is 382 g/mol. The van der Waals surface area contributed by atoms with Crippen LogP contribution in [0.2, 0.25) is 0 Å². The molecule has 0 unspecified atom stereocenters. The fourth-order valence-electron chi connectivity index (χ4n) is 3.69. The Kier molecular flexibility index (Phi) is 6.66. The molecule has 28 heavy (non-hydrogen) atoms. The predicted octanol–water partition coefficient (Wildman–Crippen LogP) is 2.51. The minimum Gasteiger partial charge on any atom is -0.452 e. The predicted molar refractivity (Wildman–Crippen MR) is 104 cm³/mol. The molecule has 0 radical (unpaired) electrons. The normalized spacial score (nSPS) is 16.2. The molecule has 1 saturated carbocycles. The number of hydrogen-bond donors (Lipinski definition) is 3. The Labute approximate surface area is 167 Å². The number of aryl methyl sites for hydroxylation is 1. The van der Waals surface area contributed by atoms with Crippen molar-refractivity contribution in [2.75, 3.05) is 11.9 Å². The summed E-state index contributed by atoms with van der Waals surface area (Å²) in [6.07, 6.45) is 7.56. The zero-order valence-corrected chi connectivity index (χ0v) is 16.7. The number of anilines is 1. The molecular formula is C19H25N3O5S. The Morgan fingerprint density at radius 2 is 1.79 bits per heavy atom. The number of urea groups is 1. The quantitative estimate of drug-likeness (QED) is 0.649. The van der Waals surface area contributed by atoms with Crippen LogP contribution in [0.25, 0.3) is 0 Å². The van der Waals surface area contributed by atoms with Crippen LogP contribution in [0.1, 0.15) is 66.2 Å². The van der Waals surface area contributed by atoms with Crippen molar-refractivity contribution in [2.45, 2.75) is 64.3 Å². The van der Waals surface area contributed by atoms with E-state index < -0.39 is 24.5 Å². The van der Waals surface area contributed by atoms with Gasteiger partial charge in [-0.1, -0.05) is 12.8 Å². The first kappa shape index (κ1) is 20.3. The van der Waals surface area contributed by atoms with Gasteiger partial charge in [0.05, 0.1) is 5.56 Å².